The van der Waals surface area contributed by atoms with Crippen molar-refractivity contribution < 1.29 is 9.21 Å². The van der Waals surface area contributed by atoms with Crippen LogP contribution in [0.2, 0.25) is 0 Å². The van der Waals surface area contributed by atoms with Crippen molar-refractivity contribution in [1.29, 1.82) is 0 Å². The SMILES string of the molecule is CC(C)(C)NC(=O)Nc1nnc(Cc2ccccc2)o1. The molecule has 0 aliphatic rings. The van der Waals surface area contributed by atoms with Crippen LogP contribution in [0.1, 0.15) is 32.2 Å². The molecule has 106 valence electrons. The molecule has 1 heterocycles. The molecule has 2 aromatic rings. The van der Waals surface area contributed by atoms with Crippen LogP contribution < -0.4 is 10.6 Å². The van der Waals surface area contributed by atoms with E-state index in [1.807, 2.05) is 51.1 Å². The third-order valence-corrected chi connectivity index (χ3v) is 2.37. The Labute approximate surface area is 117 Å². The number of carbonyl (C=O) groups excluding carboxylic acids is 1. The van der Waals surface area contributed by atoms with Crippen LogP contribution in [-0.4, -0.2) is 21.8 Å². The van der Waals surface area contributed by atoms with Gasteiger partial charge in [0.25, 0.3) is 0 Å². The summed E-state index contributed by atoms with van der Waals surface area (Å²) < 4.78 is 5.38. The van der Waals surface area contributed by atoms with Gasteiger partial charge in [0.2, 0.25) is 5.89 Å². The van der Waals surface area contributed by atoms with Gasteiger partial charge in [-0.25, -0.2) is 4.79 Å². The lowest BCUT2D eigenvalue weighted by molar-refractivity contribution is 0.243. The molecule has 0 aliphatic carbocycles. The Kier molecular flexibility index (Phi) is 4.02. The summed E-state index contributed by atoms with van der Waals surface area (Å²) in [5.41, 5.74) is 0.749. The van der Waals surface area contributed by atoms with Gasteiger partial charge in [0.15, 0.2) is 0 Å². The van der Waals surface area contributed by atoms with E-state index in [1.54, 1.807) is 0 Å². The fourth-order valence-corrected chi connectivity index (χ4v) is 1.62. The molecule has 2 amide bonds. The van der Waals surface area contributed by atoms with E-state index in [4.69, 9.17) is 4.42 Å². The van der Waals surface area contributed by atoms with Crippen LogP contribution in [0.3, 0.4) is 0 Å². The molecule has 1 aromatic carbocycles. The van der Waals surface area contributed by atoms with Crippen LogP contribution in [0.25, 0.3) is 0 Å². The Balaban J connectivity index is 1.94. The molecule has 0 saturated heterocycles. The molecule has 0 saturated carbocycles. The molecular weight excluding hydrogens is 256 g/mol. The highest BCUT2D eigenvalue weighted by atomic mass is 16.4. The first kappa shape index (κ1) is 14.0. The molecule has 2 N–H and O–H groups in total. The van der Waals surface area contributed by atoms with Crippen LogP contribution in [-0.2, 0) is 6.42 Å². The summed E-state index contributed by atoms with van der Waals surface area (Å²) in [6.45, 7) is 5.67. The van der Waals surface area contributed by atoms with Crippen molar-refractivity contribution in [3.63, 3.8) is 0 Å². The van der Waals surface area contributed by atoms with E-state index >= 15 is 0 Å². The lowest BCUT2D eigenvalue weighted by Gasteiger charge is -2.19. The lowest BCUT2D eigenvalue weighted by atomic mass is 10.1. The van der Waals surface area contributed by atoms with Crippen LogP contribution in [0.15, 0.2) is 34.7 Å². The van der Waals surface area contributed by atoms with Crippen molar-refractivity contribution in [2.75, 3.05) is 5.32 Å². The van der Waals surface area contributed by atoms with E-state index in [1.165, 1.54) is 0 Å². The van der Waals surface area contributed by atoms with Crippen molar-refractivity contribution in [3.8, 4) is 0 Å². The molecule has 0 fully saturated rings. The zero-order chi connectivity index (χ0) is 14.6. The molecule has 6 heteroatoms. The molecular formula is C14H18N4O2. The molecule has 20 heavy (non-hydrogen) atoms. The van der Waals surface area contributed by atoms with Crippen LogP contribution >= 0.6 is 0 Å². The largest absolute Gasteiger partial charge is 0.407 e. The standard InChI is InChI=1S/C14H18N4O2/c1-14(2,3)16-12(19)15-13-18-17-11(20-13)9-10-7-5-4-6-8-10/h4-8H,9H2,1-3H3,(H2,15,16,18,19). The van der Waals surface area contributed by atoms with Gasteiger partial charge in [-0.3, -0.25) is 5.32 Å². The van der Waals surface area contributed by atoms with Crippen molar-refractivity contribution in [1.82, 2.24) is 15.5 Å². The Morgan fingerprint density at radius 2 is 1.90 bits per heavy atom. The van der Waals surface area contributed by atoms with Crippen molar-refractivity contribution in [2.45, 2.75) is 32.7 Å². The predicted octanol–water partition coefficient (Wildman–Crippen LogP) is 2.58. The first-order chi connectivity index (χ1) is 9.42. The van der Waals surface area contributed by atoms with Gasteiger partial charge in [-0.1, -0.05) is 35.4 Å². The minimum Gasteiger partial charge on any atom is -0.407 e. The summed E-state index contributed by atoms with van der Waals surface area (Å²) in [5, 5.41) is 13.0. The Morgan fingerprint density at radius 3 is 2.55 bits per heavy atom. The lowest BCUT2D eigenvalue weighted by Crippen LogP contribution is -2.43. The van der Waals surface area contributed by atoms with Gasteiger partial charge in [0.05, 0.1) is 6.42 Å². The zero-order valence-corrected chi connectivity index (χ0v) is 11.8. The van der Waals surface area contributed by atoms with Gasteiger partial charge in [-0.2, -0.15) is 0 Å². The highest BCUT2D eigenvalue weighted by molar-refractivity contribution is 5.87. The number of hydrogen-bond donors (Lipinski definition) is 2. The van der Waals surface area contributed by atoms with E-state index in [9.17, 15) is 4.79 Å². The smallest absolute Gasteiger partial charge is 0.323 e. The number of nitrogens with zero attached hydrogens (tertiary/aromatic N) is 2. The number of carbonyl (C=O) groups is 1. The summed E-state index contributed by atoms with van der Waals surface area (Å²) in [6, 6.07) is 9.52. The third-order valence-electron chi connectivity index (χ3n) is 2.37. The zero-order valence-electron chi connectivity index (χ0n) is 11.8. The molecule has 0 aliphatic heterocycles. The Morgan fingerprint density at radius 1 is 1.20 bits per heavy atom. The van der Waals surface area contributed by atoms with Crippen LogP contribution in [0.4, 0.5) is 10.8 Å². The molecule has 6 nitrogen and oxygen atoms in total. The van der Waals surface area contributed by atoms with Gasteiger partial charge >= 0.3 is 12.0 Å². The molecule has 1 aromatic heterocycles. The highest BCUT2D eigenvalue weighted by Gasteiger charge is 2.16. The second-order valence-corrected chi connectivity index (χ2v) is 5.49. The van der Waals surface area contributed by atoms with Gasteiger partial charge < -0.3 is 9.73 Å². The minimum absolute atomic E-state index is 0.0951. The summed E-state index contributed by atoms with van der Waals surface area (Å²) in [5.74, 6) is 0.460. The van der Waals surface area contributed by atoms with Crippen molar-refractivity contribution >= 4 is 12.0 Å². The van der Waals surface area contributed by atoms with Gasteiger partial charge in [-0.15, -0.1) is 5.10 Å². The Hall–Kier alpha value is -2.37. The number of rotatable bonds is 3. The average molecular weight is 274 g/mol. The summed E-state index contributed by atoms with van der Waals surface area (Å²) >= 11 is 0. The maximum atomic E-state index is 11.6. The van der Waals surface area contributed by atoms with E-state index in [2.05, 4.69) is 20.8 Å². The highest BCUT2D eigenvalue weighted by Crippen LogP contribution is 2.11. The van der Waals surface area contributed by atoms with Crippen LogP contribution in [0.5, 0.6) is 0 Å². The van der Waals surface area contributed by atoms with E-state index in [-0.39, 0.29) is 17.6 Å². The number of anilines is 1. The fraction of sp³-hybridized carbons (Fsp3) is 0.357. The first-order valence-corrected chi connectivity index (χ1v) is 6.38. The number of amides is 2. The number of hydrogen-bond acceptors (Lipinski definition) is 4. The number of benzene rings is 1. The maximum absolute atomic E-state index is 11.6. The summed E-state index contributed by atoms with van der Waals surface area (Å²) in [4.78, 5) is 11.6. The second kappa shape index (κ2) is 5.73. The van der Waals surface area contributed by atoms with Gasteiger partial charge in [-0.05, 0) is 26.3 Å². The average Bonchev–Trinajstić information content (AvgIpc) is 2.75. The fourth-order valence-electron chi connectivity index (χ4n) is 1.62. The summed E-state index contributed by atoms with van der Waals surface area (Å²) in [7, 11) is 0. The normalized spacial score (nSPS) is 11.2. The van der Waals surface area contributed by atoms with E-state index in [0.717, 1.165) is 5.56 Å². The topological polar surface area (TPSA) is 80.0 Å². The molecule has 0 radical (unpaired) electrons. The number of nitrogens with one attached hydrogen (secondary N) is 2. The van der Waals surface area contributed by atoms with E-state index in [0.29, 0.717) is 12.3 Å². The second-order valence-electron chi connectivity index (χ2n) is 5.49. The van der Waals surface area contributed by atoms with Gasteiger partial charge in [0, 0.05) is 5.54 Å². The molecule has 0 spiro atoms. The minimum atomic E-state index is -0.368. The van der Waals surface area contributed by atoms with Crippen molar-refractivity contribution in [2.24, 2.45) is 0 Å². The van der Waals surface area contributed by atoms with Gasteiger partial charge in [0.1, 0.15) is 0 Å². The quantitative estimate of drug-likeness (QED) is 0.901. The third kappa shape index (κ3) is 4.38. The van der Waals surface area contributed by atoms with Crippen molar-refractivity contribution in [3.05, 3.63) is 41.8 Å². The number of urea groups is 1. The monoisotopic (exact) mass is 274 g/mol. The molecule has 0 unspecified atom stereocenters. The maximum Gasteiger partial charge on any atom is 0.323 e. The van der Waals surface area contributed by atoms with E-state index < -0.39 is 0 Å². The van der Waals surface area contributed by atoms with Crippen LogP contribution in [0, 0.1) is 0 Å². The summed E-state index contributed by atoms with van der Waals surface area (Å²) in [6.07, 6.45) is 0.538. The molecule has 0 atom stereocenters. The number of aromatic nitrogens is 2. The molecule has 0 bridgehead atoms. The Bertz CT molecular complexity index is 572. The molecule has 2 rings (SSSR count). The first-order valence-electron chi connectivity index (χ1n) is 6.38. The predicted molar refractivity (Wildman–Crippen MR) is 75.5 cm³/mol.